The molecule has 1 amide bonds. The van der Waals surface area contributed by atoms with Crippen molar-refractivity contribution in [3.8, 4) is 5.75 Å². The average molecular weight is 395 g/mol. The molecule has 2 N–H and O–H groups in total. The molecule has 144 valence electrons. The fourth-order valence-electron chi connectivity index (χ4n) is 3.41. The molecular weight excluding hydrogens is 372 g/mol. The highest BCUT2D eigenvalue weighted by atomic mass is 32.1. The number of aromatic amines is 1. The van der Waals surface area contributed by atoms with Crippen LogP contribution in [0.4, 0.5) is 0 Å². The fourth-order valence-corrected chi connectivity index (χ4v) is 4.12. The Balaban J connectivity index is 1.55. The third-order valence-electron chi connectivity index (χ3n) is 4.80. The second-order valence-corrected chi connectivity index (χ2v) is 7.57. The highest BCUT2D eigenvalue weighted by molar-refractivity contribution is 7.08. The molecular formula is C21H22N4O2S. The minimum atomic E-state index is -0.142. The van der Waals surface area contributed by atoms with Gasteiger partial charge in [-0.25, -0.2) is 0 Å². The molecule has 1 atom stereocenters. The Bertz CT molecular complexity index is 1110. The van der Waals surface area contributed by atoms with E-state index in [2.05, 4.69) is 26.8 Å². The van der Waals surface area contributed by atoms with Gasteiger partial charge in [-0.2, -0.15) is 16.4 Å². The minimum absolute atomic E-state index is 0.0478. The van der Waals surface area contributed by atoms with Gasteiger partial charge in [0, 0.05) is 29.2 Å². The van der Waals surface area contributed by atoms with E-state index < -0.39 is 0 Å². The molecule has 3 aromatic heterocycles. The van der Waals surface area contributed by atoms with Crippen LogP contribution in [0, 0.1) is 13.8 Å². The summed E-state index contributed by atoms with van der Waals surface area (Å²) in [5.74, 6) is 0.611. The van der Waals surface area contributed by atoms with Gasteiger partial charge in [0.2, 0.25) is 0 Å². The molecule has 0 spiro atoms. The molecule has 0 fully saturated rings. The van der Waals surface area contributed by atoms with Crippen LogP contribution in [0.2, 0.25) is 0 Å². The van der Waals surface area contributed by atoms with Gasteiger partial charge in [0.15, 0.2) is 0 Å². The standard InChI is InChI=1S/C21H22N4O2S/c1-13-8-14(2)25(24-13)20(16-6-7-28-12-16)11-22-21(26)19-9-15-4-5-17(27-3)10-18(15)23-19/h4-10,12,20,23H,11H2,1-3H3,(H,22,26). The summed E-state index contributed by atoms with van der Waals surface area (Å²) in [4.78, 5) is 15.9. The number of carbonyl (C=O) groups is 1. The van der Waals surface area contributed by atoms with Crippen LogP contribution in [0.15, 0.2) is 47.2 Å². The molecule has 7 heteroatoms. The summed E-state index contributed by atoms with van der Waals surface area (Å²) in [7, 11) is 1.63. The number of hydrogen-bond donors (Lipinski definition) is 2. The number of methoxy groups -OCH3 is 1. The van der Waals surface area contributed by atoms with E-state index >= 15 is 0 Å². The van der Waals surface area contributed by atoms with Gasteiger partial charge >= 0.3 is 0 Å². The molecule has 6 nitrogen and oxygen atoms in total. The summed E-state index contributed by atoms with van der Waals surface area (Å²) >= 11 is 1.64. The van der Waals surface area contributed by atoms with Gasteiger partial charge in [0.25, 0.3) is 5.91 Å². The first-order valence-electron chi connectivity index (χ1n) is 9.05. The molecule has 28 heavy (non-hydrogen) atoms. The molecule has 0 aliphatic heterocycles. The number of H-pyrrole nitrogens is 1. The Morgan fingerprint density at radius 2 is 2.14 bits per heavy atom. The number of aryl methyl sites for hydroxylation is 2. The number of benzene rings is 1. The zero-order valence-electron chi connectivity index (χ0n) is 16.0. The molecule has 0 bridgehead atoms. The van der Waals surface area contributed by atoms with Crippen molar-refractivity contribution in [2.24, 2.45) is 0 Å². The second-order valence-electron chi connectivity index (χ2n) is 6.79. The van der Waals surface area contributed by atoms with Crippen LogP contribution in [-0.4, -0.2) is 34.3 Å². The van der Waals surface area contributed by atoms with Crippen molar-refractivity contribution in [2.75, 3.05) is 13.7 Å². The molecule has 4 aromatic rings. The highest BCUT2D eigenvalue weighted by Crippen LogP contribution is 2.23. The average Bonchev–Trinajstić information content (AvgIpc) is 3.41. The predicted molar refractivity (Wildman–Crippen MR) is 111 cm³/mol. The van der Waals surface area contributed by atoms with Gasteiger partial charge in [-0.05, 0) is 60.5 Å². The largest absolute Gasteiger partial charge is 0.497 e. The van der Waals surface area contributed by atoms with E-state index in [-0.39, 0.29) is 11.9 Å². The number of aromatic nitrogens is 3. The van der Waals surface area contributed by atoms with Crippen molar-refractivity contribution < 1.29 is 9.53 Å². The van der Waals surface area contributed by atoms with Gasteiger partial charge in [-0.15, -0.1) is 0 Å². The van der Waals surface area contributed by atoms with Gasteiger partial charge in [-0.3, -0.25) is 9.48 Å². The monoisotopic (exact) mass is 394 g/mol. The summed E-state index contributed by atoms with van der Waals surface area (Å²) in [5.41, 5.74) is 4.57. The summed E-state index contributed by atoms with van der Waals surface area (Å²) in [6, 6.07) is 11.6. The molecule has 0 aliphatic carbocycles. The molecule has 0 saturated carbocycles. The van der Waals surface area contributed by atoms with Crippen LogP contribution in [0.5, 0.6) is 5.75 Å². The van der Waals surface area contributed by atoms with E-state index in [1.54, 1.807) is 18.4 Å². The maximum absolute atomic E-state index is 12.8. The van der Waals surface area contributed by atoms with E-state index in [1.165, 1.54) is 0 Å². The van der Waals surface area contributed by atoms with Crippen LogP contribution >= 0.6 is 11.3 Å². The van der Waals surface area contributed by atoms with Gasteiger partial charge in [0.1, 0.15) is 11.4 Å². The maximum atomic E-state index is 12.8. The molecule has 0 radical (unpaired) electrons. The van der Waals surface area contributed by atoms with Gasteiger partial charge < -0.3 is 15.0 Å². The van der Waals surface area contributed by atoms with Crippen molar-refractivity contribution in [2.45, 2.75) is 19.9 Å². The third kappa shape index (κ3) is 3.53. The van der Waals surface area contributed by atoms with Gasteiger partial charge in [0.05, 0.1) is 18.8 Å². The van der Waals surface area contributed by atoms with E-state index in [9.17, 15) is 4.79 Å². The lowest BCUT2D eigenvalue weighted by molar-refractivity contribution is 0.0945. The number of hydrogen-bond acceptors (Lipinski definition) is 4. The smallest absolute Gasteiger partial charge is 0.267 e. The zero-order valence-corrected chi connectivity index (χ0v) is 16.8. The number of ether oxygens (including phenoxy) is 1. The van der Waals surface area contributed by atoms with Crippen LogP contribution in [-0.2, 0) is 0 Å². The number of nitrogens with one attached hydrogen (secondary N) is 2. The molecule has 3 heterocycles. The number of amides is 1. The number of fused-ring (bicyclic) bond motifs is 1. The maximum Gasteiger partial charge on any atom is 0.267 e. The zero-order chi connectivity index (χ0) is 19.7. The minimum Gasteiger partial charge on any atom is -0.497 e. The van der Waals surface area contributed by atoms with Gasteiger partial charge in [-0.1, -0.05) is 0 Å². The van der Waals surface area contributed by atoms with Crippen molar-refractivity contribution in [3.63, 3.8) is 0 Å². The molecule has 1 unspecified atom stereocenters. The first-order chi connectivity index (χ1) is 13.5. The summed E-state index contributed by atoms with van der Waals surface area (Å²) in [5, 5.41) is 12.8. The number of carbonyl (C=O) groups excluding carboxylic acids is 1. The SMILES string of the molecule is COc1ccc2cc(C(=O)NCC(c3ccsc3)n3nc(C)cc3C)[nH]c2c1. The van der Waals surface area contributed by atoms with Crippen LogP contribution in [0.3, 0.4) is 0 Å². The second kappa shape index (κ2) is 7.52. The summed E-state index contributed by atoms with van der Waals surface area (Å²) in [6.07, 6.45) is 0. The number of rotatable bonds is 6. The lowest BCUT2D eigenvalue weighted by atomic mass is 10.1. The van der Waals surface area contributed by atoms with Crippen LogP contribution in [0.1, 0.15) is 33.5 Å². The third-order valence-corrected chi connectivity index (χ3v) is 5.50. The van der Waals surface area contributed by atoms with Crippen LogP contribution in [0.25, 0.3) is 10.9 Å². The molecule has 0 saturated heterocycles. The Labute approximate surface area is 167 Å². The summed E-state index contributed by atoms with van der Waals surface area (Å²) in [6.45, 7) is 4.47. The Kier molecular flexibility index (Phi) is 4.92. The van der Waals surface area contributed by atoms with Crippen molar-refractivity contribution in [1.29, 1.82) is 0 Å². The molecule has 4 rings (SSSR count). The number of nitrogens with zero attached hydrogens (tertiary/aromatic N) is 2. The Morgan fingerprint density at radius 3 is 2.82 bits per heavy atom. The first-order valence-corrected chi connectivity index (χ1v) is 9.99. The van der Waals surface area contributed by atoms with E-state index in [1.807, 2.05) is 54.2 Å². The molecule has 0 aliphatic rings. The Morgan fingerprint density at radius 1 is 1.29 bits per heavy atom. The fraction of sp³-hybridized carbons (Fsp3) is 0.238. The van der Waals surface area contributed by atoms with Crippen molar-refractivity contribution in [3.05, 3.63) is 69.8 Å². The first kappa shape index (κ1) is 18.3. The quantitative estimate of drug-likeness (QED) is 0.518. The lowest BCUT2D eigenvalue weighted by Crippen LogP contribution is -2.32. The number of thiophene rings is 1. The lowest BCUT2D eigenvalue weighted by Gasteiger charge is -2.19. The van der Waals surface area contributed by atoms with E-state index in [0.29, 0.717) is 12.2 Å². The molecule has 1 aromatic carbocycles. The predicted octanol–water partition coefficient (Wildman–Crippen LogP) is 4.07. The van der Waals surface area contributed by atoms with Crippen molar-refractivity contribution in [1.82, 2.24) is 20.1 Å². The normalized spacial score (nSPS) is 12.2. The van der Waals surface area contributed by atoms with Crippen molar-refractivity contribution >= 4 is 28.1 Å². The Hall–Kier alpha value is -3.06. The van der Waals surface area contributed by atoms with Crippen LogP contribution < -0.4 is 10.1 Å². The summed E-state index contributed by atoms with van der Waals surface area (Å²) < 4.78 is 7.23. The van der Waals surface area contributed by atoms with E-state index in [4.69, 9.17) is 4.74 Å². The van der Waals surface area contributed by atoms with E-state index in [0.717, 1.165) is 33.6 Å². The topological polar surface area (TPSA) is 71.9 Å². The highest BCUT2D eigenvalue weighted by Gasteiger charge is 2.19.